The maximum Gasteiger partial charge on any atom is 0.225 e. The molecule has 3 heterocycles. The summed E-state index contributed by atoms with van der Waals surface area (Å²) in [5.41, 5.74) is 4.63. The minimum atomic E-state index is -0.0654. The molecule has 0 radical (unpaired) electrons. The fraction of sp³-hybridized carbons (Fsp3) is 0.286. The Balaban J connectivity index is 1.52. The van der Waals surface area contributed by atoms with Crippen molar-refractivity contribution in [2.45, 2.75) is 19.4 Å². The Labute approximate surface area is 153 Å². The summed E-state index contributed by atoms with van der Waals surface area (Å²) in [4.78, 5) is 15.7. The van der Waals surface area contributed by atoms with E-state index in [-0.39, 0.29) is 6.10 Å². The van der Waals surface area contributed by atoms with E-state index in [1.807, 2.05) is 12.1 Å². The number of nitrogens with zero attached hydrogens (tertiary/aromatic N) is 4. The van der Waals surface area contributed by atoms with Crippen molar-refractivity contribution < 1.29 is 4.74 Å². The molecule has 26 heavy (non-hydrogen) atoms. The van der Waals surface area contributed by atoms with Crippen LogP contribution in [0.25, 0.3) is 0 Å². The number of aryl methyl sites for hydroxylation is 1. The number of pyridine rings is 1. The number of morpholine rings is 1. The van der Waals surface area contributed by atoms with Crippen LogP contribution in [0.5, 0.6) is 0 Å². The molecule has 1 fully saturated rings. The van der Waals surface area contributed by atoms with E-state index < -0.39 is 0 Å². The molecule has 2 aromatic heterocycles. The molecular formula is C21H22N4O. The molecule has 0 spiro atoms. The van der Waals surface area contributed by atoms with Crippen LogP contribution in [0.15, 0.2) is 60.9 Å². The highest BCUT2D eigenvalue weighted by Gasteiger charge is 2.24. The Morgan fingerprint density at radius 2 is 1.88 bits per heavy atom. The van der Waals surface area contributed by atoms with E-state index in [1.54, 1.807) is 12.4 Å². The summed E-state index contributed by atoms with van der Waals surface area (Å²) < 4.78 is 5.98. The van der Waals surface area contributed by atoms with Crippen LogP contribution >= 0.6 is 0 Å². The largest absolute Gasteiger partial charge is 0.368 e. The van der Waals surface area contributed by atoms with E-state index in [0.717, 1.165) is 30.3 Å². The quantitative estimate of drug-likeness (QED) is 0.725. The second-order valence-corrected chi connectivity index (χ2v) is 6.51. The Bertz CT molecular complexity index is 869. The first kappa shape index (κ1) is 16.7. The number of ether oxygens (including phenoxy) is 1. The van der Waals surface area contributed by atoms with E-state index in [4.69, 9.17) is 9.72 Å². The fourth-order valence-electron chi connectivity index (χ4n) is 3.24. The Hall–Kier alpha value is -2.79. The van der Waals surface area contributed by atoms with Crippen LogP contribution in [0.1, 0.15) is 28.6 Å². The van der Waals surface area contributed by atoms with Crippen molar-refractivity contribution in [1.29, 1.82) is 0 Å². The summed E-state index contributed by atoms with van der Waals surface area (Å²) in [5, 5.41) is 0. The van der Waals surface area contributed by atoms with Gasteiger partial charge in [0, 0.05) is 31.1 Å². The minimum Gasteiger partial charge on any atom is -0.368 e. The molecule has 1 saturated heterocycles. The molecule has 132 valence electrons. The summed E-state index contributed by atoms with van der Waals surface area (Å²) in [5.74, 6) is 0.747. The molecule has 3 aromatic rings. The maximum absolute atomic E-state index is 5.98. The molecule has 1 aromatic carbocycles. The zero-order chi connectivity index (χ0) is 17.8. The van der Waals surface area contributed by atoms with E-state index in [1.165, 1.54) is 11.1 Å². The van der Waals surface area contributed by atoms with E-state index in [9.17, 15) is 0 Å². The first-order chi connectivity index (χ1) is 12.8. The normalized spacial score (nSPS) is 17.3. The van der Waals surface area contributed by atoms with Gasteiger partial charge < -0.3 is 9.64 Å². The maximum atomic E-state index is 5.98. The second-order valence-electron chi connectivity index (χ2n) is 6.51. The van der Waals surface area contributed by atoms with E-state index in [2.05, 4.69) is 58.2 Å². The van der Waals surface area contributed by atoms with Gasteiger partial charge in [0.1, 0.15) is 6.10 Å². The van der Waals surface area contributed by atoms with Crippen molar-refractivity contribution in [3.05, 3.63) is 83.4 Å². The molecule has 1 atom stereocenters. The Kier molecular flexibility index (Phi) is 4.88. The first-order valence-corrected chi connectivity index (χ1v) is 8.93. The van der Waals surface area contributed by atoms with Gasteiger partial charge in [-0.2, -0.15) is 0 Å². The molecule has 0 saturated carbocycles. The third-order valence-electron chi connectivity index (χ3n) is 4.69. The second kappa shape index (κ2) is 7.62. The van der Waals surface area contributed by atoms with Gasteiger partial charge in [-0.15, -0.1) is 0 Å². The van der Waals surface area contributed by atoms with Gasteiger partial charge in [0.25, 0.3) is 0 Å². The van der Waals surface area contributed by atoms with Crippen LogP contribution in [-0.2, 0) is 11.2 Å². The van der Waals surface area contributed by atoms with Crippen molar-refractivity contribution in [3.63, 3.8) is 0 Å². The van der Waals surface area contributed by atoms with Crippen molar-refractivity contribution >= 4 is 5.95 Å². The van der Waals surface area contributed by atoms with Crippen LogP contribution in [-0.4, -0.2) is 34.6 Å². The summed E-state index contributed by atoms with van der Waals surface area (Å²) in [6.07, 6.45) is 4.31. The van der Waals surface area contributed by atoms with Crippen LogP contribution in [0.2, 0.25) is 0 Å². The molecular weight excluding hydrogens is 324 g/mol. The average Bonchev–Trinajstić information content (AvgIpc) is 2.71. The molecule has 0 amide bonds. The summed E-state index contributed by atoms with van der Waals surface area (Å²) in [6.45, 7) is 4.29. The van der Waals surface area contributed by atoms with Gasteiger partial charge >= 0.3 is 0 Å². The Morgan fingerprint density at radius 1 is 1.04 bits per heavy atom. The molecule has 0 aliphatic carbocycles. The lowest BCUT2D eigenvalue weighted by molar-refractivity contribution is 0.0363. The molecule has 1 aliphatic heterocycles. The lowest BCUT2D eigenvalue weighted by Crippen LogP contribution is -2.39. The van der Waals surface area contributed by atoms with Gasteiger partial charge in [0.05, 0.1) is 18.8 Å². The Morgan fingerprint density at radius 3 is 2.73 bits per heavy atom. The number of rotatable bonds is 4. The van der Waals surface area contributed by atoms with E-state index >= 15 is 0 Å². The molecule has 0 bridgehead atoms. The first-order valence-electron chi connectivity index (χ1n) is 8.93. The standard InChI is InChI=1S/C21H22N4O/c1-16-6-2-3-7-17(16)14-18-8-4-9-19(24-18)20-15-25(12-13-26-20)21-22-10-5-11-23-21/h2-11,20H,12-15H2,1H3/t20-/m0/s1. The summed E-state index contributed by atoms with van der Waals surface area (Å²) >= 11 is 0. The van der Waals surface area contributed by atoms with E-state index in [0.29, 0.717) is 13.2 Å². The minimum absolute atomic E-state index is 0.0654. The highest BCUT2D eigenvalue weighted by atomic mass is 16.5. The van der Waals surface area contributed by atoms with Crippen LogP contribution in [0.3, 0.4) is 0 Å². The van der Waals surface area contributed by atoms with Gasteiger partial charge in [0.2, 0.25) is 5.95 Å². The number of aromatic nitrogens is 3. The smallest absolute Gasteiger partial charge is 0.225 e. The van der Waals surface area contributed by atoms with Crippen LogP contribution < -0.4 is 4.90 Å². The number of benzene rings is 1. The molecule has 1 aliphatic rings. The predicted molar refractivity (Wildman–Crippen MR) is 101 cm³/mol. The van der Waals surface area contributed by atoms with Gasteiger partial charge in [-0.25, -0.2) is 9.97 Å². The van der Waals surface area contributed by atoms with Crippen molar-refractivity contribution in [2.24, 2.45) is 0 Å². The highest BCUT2D eigenvalue weighted by molar-refractivity contribution is 5.32. The molecule has 5 heteroatoms. The third-order valence-corrected chi connectivity index (χ3v) is 4.69. The monoisotopic (exact) mass is 346 g/mol. The van der Waals surface area contributed by atoms with Crippen molar-refractivity contribution in [2.75, 3.05) is 24.6 Å². The number of hydrogen-bond donors (Lipinski definition) is 0. The lowest BCUT2D eigenvalue weighted by atomic mass is 10.0. The zero-order valence-corrected chi connectivity index (χ0v) is 14.9. The lowest BCUT2D eigenvalue weighted by Gasteiger charge is -2.32. The molecule has 0 unspecified atom stereocenters. The van der Waals surface area contributed by atoms with Gasteiger partial charge in [-0.05, 0) is 36.2 Å². The van der Waals surface area contributed by atoms with Crippen molar-refractivity contribution in [1.82, 2.24) is 15.0 Å². The highest BCUT2D eigenvalue weighted by Crippen LogP contribution is 2.23. The molecule has 0 N–H and O–H groups in total. The van der Waals surface area contributed by atoms with Crippen LogP contribution in [0, 0.1) is 6.92 Å². The predicted octanol–water partition coefficient (Wildman–Crippen LogP) is 3.35. The number of anilines is 1. The van der Waals surface area contributed by atoms with Crippen LogP contribution in [0.4, 0.5) is 5.95 Å². The van der Waals surface area contributed by atoms with Gasteiger partial charge in [-0.3, -0.25) is 4.98 Å². The van der Waals surface area contributed by atoms with Gasteiger partial charge in [-0.1, -0.05) is 30.3 Å². The van der Waals surface area contributed by atoms with Crippen molar-refractivity contribution in [3.8, 4) is 0 Å². The summed E-state index contributed by atoms with van der Waals surface area (Å²) in [6, 6.07) is 16.5. The summed E-state index contributed by atoms with van der Waals surface area (Å²) in [7, 11) is 0. The molecule has 4 rings (SSSR count). The number of hydrogen-bond acceptors (Lipinski definition) is 5. The average molecular weight is 346 g/mol. The third kappa shape index (κ3) is 3.73. The fourth-order valence-corrected chi connectivity index (χ4v) is 3.24. The molecule has 5 nitrogen and oxygen atoms in total. The zero-order valence-electron chi connectivity index (χ0n) is 14.9. The van der Waals surface area contributed by atoms with Gasteiger partial charge in [0.15, 0.2) is 0 Å². The SMILES string of the molecule is Cc1ccccc1Cc1cccc([C@@H]2CN(c3ncccn3)CCO2)n1. The topological polar surface area (TPSA) is 51.1 Å².